The lowest BCUT2D eigenvalue weighted by atomic mass is 10.2. The van der Waals surface area contributed by atoms with Gasteiger partial charge in [-0.15, -0.1) is 0 Å². The largest absolute Gasteiger partial charge is 0.493 e. The molecule has 0 saturated carbocycles. The van der Waals surface area contributed by atoms with Crippen LogP contribution in [0, 0.1) is 0 Å². The van der Waals surface area contributed by atoms with Gasteiger partial charge in [0.1, 0.15) is 0 Å². The molecule has 0 radical (unpaired) electrons. The Hall–Kier alpha value is -2.69. The van der Waals surface area contributed by atoms with Gasteiger partial charge in [0.2, 0.25) is 0 Å². The van der Waals surface area contributed by atoms with Crippen molar-refractivity contribution in [1.82, 2.24) is 10.2 Å². The maximum Gasteiger partial charge on any atom is 0.193 e. The third kappa shape index (κ3) is 5.41. The summed E-state index contributed by atoms with van der Waals surface area (Å²) in [6, 6.07) is 16.3. The second-order valence-electron chi connectivity index (χ2n) is 5.66. The van der Waals surface area contributed by atoms with E-state index >= 15 is 0 Å². The molecule has 25 heavy (non-hydrogen) atoms. The lowest BCUT2D eigenvalue weighted by Crippen LogP contribution is -2.38. The first kappa shape index (κ1) is 18.6. The summed E-state index contributed by atoms with van der Waals surface area (Å²) >= 11 is 0. The highest BCUT2D eigenvalue weighted by Crippen LogP contribution is 2.27. The number of hydrogen-bond donors (Lipinski definition) is 1. The van der Waals surface area contributed by atoms with Gasteiger partial charge in [-0.05, 0) is 30.2 Å². The van der Waals surface area contributed by atoms with Gasteiger partial charge < -0.3 is 19.7 Å². The minimum Gasteiger partial charge on any atom is -0.493 e. The van der Waals surface area contributed by atoms with Crippen LogP contribution in [0.5, 0.6) is 11.5 Å². The van der Waals surface area contributed by atoms with Gasteiger partial charge in [0.05, 0.1) is 13.7 Å². The predicted molar refractivity (Wildman–Crippen MR) is 102 cm³/mol. The minimum absolute atomic E-state index is 0.616. The molecule has 0 amide bonds. The van der Waals surface area contributed by atoms with E-state index in [9.17, 15) is 0 Å². The molecule has 0 bridgehead atoms. The predicted octanol–water partition coefficient (Wildman–Crippen LogP) is 3.30. The van der Waals surface area contributed by atoms with E-state index in [1.165, 1.54) is 5.56 Å². The van der Waals surface area contributed by atoms with E-state index in [-0.39, 0.29) is 0 Å². The Bertz CT molecular complexity index is 687. The van der Waals surface area contributed by atoms with Crippen LogP contribution in [0.4, 0.5) is 0 Å². The van der Waals surface area contributed by atoms with E-state index in [0.717, 1.165) is 29.6 Å². The van der Waals surface area contributed by atoms with Crippen LogP contribution < -0.4 is 14.8 Å². The number of aliphatic imine (C=N–C) groups is 1. The van der Waals surface area contributed by atoms with Crippen molar-refractivity contribution in [3.8, 4) is 11.5 Å². The van der Waals surface area contributed by atoms with E-state index in [0.29, 0.717) is 13.2 Å². The number of guanidine groups is 1. The van der Waals surface area contributed by atoms with Gasteiger partial charge in [-0.3, -0.25) is 4.99 Å². The summed E-state index contributed by atoms with van der Waals surface area (Å²) in [5.74, 6) is 2.35. The normalized spacial score (nSPS) is 11.1. The van der Waals surface area contributed by atoms with Crippen molar-refractivity contribution in [2.45, 2.75) is 20.0 Å². The summed E-state index contributed by atoms with van der Waals surface area (Å²) in [7, 11) is 5.48. The fraction of sp³-hybridized carbons (Fsp3) is 0.350. The van der Waals surface area contributed by atoms with Crippen LogP contribution in [-0.2, 0) is 13.1 Å². The molecule has 1 N–H and O–H groups in total. The third-order valence-electron chi connectivity index (χ3n) is 3.81. The number of benzene rings is 2. The standard InChI is InChI=1S/C20H27N3O2/c1-5-25-18-12-11-17(13-19(18)24-4)14-22-20(21-2)23(3)15-16-9-7-6-8-10-16/h6-13H,5,14-15H2,1-4H3,(H,21,22). The lowest BCUT2D eigenvalue weighted by molar-refractivity contribution is 0.310. The fourth-order valence-electron chi connectivity index (χ4n) is 2.59. The van der Waals surface area contributed by atoms with E-state index in [4.69, 9.17) is 9.47 Å². The lowest BCUT2D eigenvalue weighted by Gasteiger charge is -2.22. The van der Waals surface area contributed by atoms with E-state index in [1.807, 2.05) is 50.4 Å². The maximum atomic E-state index is 5.56. The van der Waals surface area contributed by atoms with Crippen molar-refractivity contribution < 1.29 is 9.47 Å². The molecule has 0 fully saturated rings. The average Bonchev–Trinajstić information content (AvgIpc) is 2.64. The molecule has 0 aliphatic rings. The van der Waals surface area contributed by atoms with Gasteiger partial charge in [0, 0.05) is 27.2 Å². The second-order valence-corrected chi connectivity index (χ2v) is 5.66. The Morgan fingerprint density at radius 1 is 1.08 bits per heavy atom. The number of hydrogen-bond acceptors (Lipinski definition) is 3. The van der Waals surface area contributed by atoms with Gasteiger partial charge in [-0.1, -0.05) is 36.4 Å². The molecule has 0 aliphatic carbocycles. The van der Waals surface area contributed by atoms with E-state index < -0.39 is 0 Å². The van der Waals surface area contributed by atoms with Crippen LogP contribution >= 0.6 is 0 Å². The van der Waals surface area contributed by atoms with Crippen LogP contribution in [0.25, 0.3) is 0 Å². The van der Waals surface area contributed by atoms with Crippen molar-refractivity contribution in [3.05, 3.63) is 59.7 Å². The smallest absolute Gasteiger partial charge is 0.193 e. The first-order valence-corrected chi connectivity index (χ1v) is 8.43. The highest BCUT2D eigenvalue weighted by molar-refractivity contribution is 5.79. The molecule has 2 rings (SSSR count). The Kier molecular flexibility index (Phi) is 7.14. The quantitative estimate of drug-likeness (QED) is 0.620. The zero-order valence-electron chi connectivity index (χ0n) is 15.5. The average molecular weight is 341 g/mol. The minimum atomic E-state index is 0.616. The zero-order valence-corrected chi connectivity index (χ0v) is 15.5. The monoisotopic (exact) mass is 341 g/mol. The zero-order chi connectivity index (χ0) is 18.1. The van der Waals surface area contributed by atoms with Crippen molar-refractivity contribution >= 4 is 5.96 Å². The van der Waals surface area contributed by atoms with Gasteiger partial charge >= 0.3 is 0 Å². The number of nitrogens with zero attached hydrogens (tertiary/aromatic N) is 2. The first-order chi connectivity index (χ1) is 12.2. The number of methoxy groups -OCH3 is 1. The molecule has 0 saturated heterocycles. The summed E-state index contributed by atoms with van der Waals surface area (Å²) < 4.78 is 11.0. The Morgan fingerprint density at radius 3 is 2.48 bits per heavy atom. The maximum absolute atomic E-state index is 5.56. The number of nitrogens with one attached hydrogen (secondary N) is 1. The number of rotatable bonds is 7. The molecule has 2 aromatic carbocycles. The van der Waals surface area contributed by atoms with Gasteiger partial charge in [0.25, 0.3) is 0 Å². The van der Waals surface area contributed by atoms with Crippen LogP contribution in [0.2, 0.25) is 0 Å². The molecule has 0 heterocycles. The van der Waals surface area contributed by atoms with Crippen LogP contribution in [0.15, 0.2) is 53.5 Å². The molecule has 134 valence electrons. The Balaban J connectivity index is 1.98. The molecule has 5 nitrogen and oxygen atoms in total. The van der Waals surface area contributed by atoms with Crippen LogP contribution in [-0.4, -0.2) is 38.7 Å². The summed E-state index contributed by atoms with van der Waals surface area (Å²) in [6.45, 7) is 4.04. The van der Waals surface area contributed by atoms with E-state index in [2.05, 4.69) is 27.3 Å². The topological polar surface area (TPSA) is 46.1 Å². The molecule has 0 aromatic heterocycles. The number of ether oxygens (including phenoxy) is 2. The highest BCUT2D eigenvalue weighted by atomic mass is 16.5. The van der Waals surface area contributed by atoms with Crippen molar-refractivity contribution in [2.24, 2.45) is 4.99 Å². The Labute approximate surface area is 150 Å². The van der Waals surface area contributed by atoms with Gasteiger partial charge in [-0.25, -0.2) is 0 Å². The molecule has 0 atom stereocenters. The molecule has 0 aliphatic heterocycles. The molecular weight excluding hydrogens is 314 g/mol. The molecule has 0 spiro atoms. The summed E-state index contributed by atoms with van der Waals surface area (Å²) in [5, 5.41) is 3.39. The van der Waals surface area contributed by atoms with Crippen LogP contribution in [0.3, 0.4) is 0 Å². The summed E-state index contributed by atoms with van der Waals surface area (Å²) in [6.07, 6.45) is 0. The molecule has 0 unspecified atom stereocenters. The SMILES string of the molecule is CCOc1ccc(CNC(=NC)N(C)Cc2ccccc2)cc1OC. The van der Waals surface area contributed by atoms with Gasteiger partial charge in [-0.2, -0.15) is 0 Å². The molecular formula is C20H27N3O2. The van der Waals surface area contributed by atoms with Crippen molar-refractivity contribution in [2.75, 3.05) is 27.8 Å². The summed E-state index contributed by atoms with van der Waals surface area (Å²) in [5.41, 5.74) is 2.35. The third-order valence-corrected chi connectivity index (χ3v) is 3.81. The molecule has 5 heteroatoms. The van der Waals surface area contributed by atoms with E-state index in [1.54, 1.807) is 14.2 Å². The van der Waals surface area contributed by atoms with Crippen molar-refractivity contribution in [1.29, 1.82) is 0 Å². The second kappa shape index (κ2) is 9.57. The van der Waals surface area contributed by atoms with Crippen molar-refractivity contribution in [3.63, 3.8) is 0 Å². The first-order valence-electron chi connectivity index (χ1n) is 8.43. The fourth-order valence-corrected chi connectivity index (χ4v) is 2.59. The Morgan fingerprint density at radius 2 is 1.84 bits per heavy atom. The summed E-state index contributed by atoms with van der Waals surface area (Å²) in [4.78, 5) is 6.46. The van der Waals surface area contributed by atoms with Crippen LogP contribution in [0.1, 0.15) is 18.1 Å². The highest BCUT2D eigenvalue weighted by Gasteiger charge is 2.09. The van der Waals surface area contributed by atoms with Gasteiger partial charge in [0.15, 0.2) is 17.5 Å². The molecule has 2 aromatic rings.